The van der Waals surface area contributed by atoms with Crippen LogP contribution in [0.5, 0.6) is 11.5 Å². The Morgan fingerprint density at radius 3 is 2.69 bits per heavy atom. The van der Waals surface area contributed by atoms with Gasteiger partial charge in [-0.1, -0.05) is 30.3 Å². The maximum Gasteiger partial charge on any atom is 0.217 e. The van der Waals surface area contributed by atoms with E-state index in [1.807, 2.05) is 54.6 Å². The van der Waals surface area contributed by atoms with Gasteiger partial charge < -0.3 is 19.5 Å². The molecule has 0 bridgehead atoms. The van der Waals surface area contributed by atoms with Gasteiger partial charge >= 0.3 is 0 Å². The standard InChI is InChI=1S/C21H23NO4/c1-14(23)22-19-11-20(26-21-13-24-12-18(19)21)15-6-5-9-17(10-15)25-16-7-3-2-4-8-16/h2-10,18-21H,11-13H2,1H3,(H,22,23)/t18-,19+,20+,21+/m0/s1. The first kappa shape index (κ1) is 17.1. The lowest BCUT2D eigenvalue weighted by Crippen LogP contribution is -2.49. The molecular weight excluding hydrogens is 330 g/mol. The molecule has 4 atom stereocenters. The number of carbonyl (C=O) groups excluding carboxylic acids is 1. The maximum absolute atomic E-state index is 11.6. The van der Waals surface area contributed by atoms with Crippen LogP contribution < -0.4 is 10.1 Å². The first-order valence-corrected chi connectivity index (χ1v) is 9.02. The molecule has 0 saturated carbocycles. The van der Waals surface area contributed by atoms with Crippen LogP contribution in [0.1, 0.15) is 25.0 Å². The lowest BCUT2D eigenvalue weighted by molar-refractivity contribution is -0.123. The number of nitrogens with one attached hydrogen (secondary N) is 1. The number of rotatable bonds is 4. The molecule has 4 rings (SSSR count). The van der Waals surface area contributed by atoms with Gasteiger partial charge in [0.25, 0.3) is 0 Å². The quantitative estimate of drug-likeness (QED) is 0.915. The molecule has 1 N–H and O–H groups in total. The van der Waals surface area contributed by atoms with Gasteiger partial charge in [0.1, 0.15) is 11.5 Å². The van der Waals surface area contributed by atoms with Gasteiger partial charge in [-0.2, -0.15) is 0 Å². The summed E-state index contributed by atoms with van der Waals surface area (Å²) in [6.45, 7) is 2.78. The van der Waals surface area contributed by atoms with Crippen LogP contribution in [0.2, 0.25) is 0 Å². The van der Waals surface area contributed by atoms with Crippen LogP contribution in [0.15, 0.2) is 54.6 Å². The zero-order chi connectivity index (χ0) is 17.9. The summed E-state index contributed by atoms with van der Waals surface area (Å²) < 4.78 is 17.8. The van der Waals surface area contributed by atoms with Gasteiger partial charge in [-0.05, 0) is 36.2 Å². The monoisotopic (exact) mass is 353 g/mol. The van der Waals surface area contributed by atoms with Crippen LogP contribution in [0.3, 0.4) is 0 Å². The molecule has 2 aliphatic rings. The fourth-order valence-electron chi connectivity index (χ4n) is 3.78. The van der Waals surface area contributed by atoms with E-state index in [0.29, 0.717) is 13.2 Å². The summed E-state index contributed by atoms with van der Waals surface area (Å²) in [5.41, 5.74) is 1.05. The van der Waals surface area contributed by atoms with E-state index in [-0.39, 0.29) is 30.1 Å². The maximum atomic E-state index is 11.6. The first-order valence-electron chi connectivity index (χ1n) is 9.02. The number of ether oxygens (including phenoxy) is 3. The van der Waals surface area contributed by atoms with E-state index in [2.05, 4.69) is 5.32 Å². The topological polar surface area (TPSA) is 56.8 Å². The number of carbonyl (C=O) groups is 1. The van der Waals surface area contributed by atoms with Crippen LogP contribution >= 0.6 is 0 Å². The molecule has 0 aromatic heterocycles. The van der Waals surface area contributed by atoms with E-state index >= 15 is 0 Å². The summed E-state index contributed by atoms with van der Waals surface area (Å²) in [7, 11) is 0. The Kier molecular flexibility index (Phi) is 4.91. The van der Waals surface area contributed by atoms with Crippen molar-refractivity contribution in [3.8, 4) is 11.5 Å². The lowest BCUT2D eigenvalue weighted by Gasteiger charge is -2.38. The molecule has 2 aliphatic heterocycles. The molecule has 0 unspecified atom stereocenters. The van der Waals surface area contributed by atoms with Crippen LogP contribution in [0, 0.1) is 5.92 Å². The number of amides is 1. The van der Waals surface area contributed by atoms with Crippen molar-refractivity contribution < 1.29 is 19.0 Å². The van der Waals surface area contributed by atoms with Crippen molar-refractivity contribution in [2.24, 2.45) is 5.92 Å². The van der Waals surface area contributed by atoms with Crippen LogP contribution in [-0.2, 0) is 14.3 Å². The van der Waals surface area contributed by atoms with Crippen LogP contribution in [0.25, 0.3) is 0 Å². The van der Waals surface area contributed by atoms with Crippen molar-refractivity contribution in [2.45, 2.75) is 31.6 Å². The number of fused-ring (bicyclic) bond motifs is 1. The summed E-state index contributed by atoms with van der Waals surface area (Å²) in [4.78, 5) is 11.6. The van der Waals surface area contributed by atoms with Gasteiger partial charge in [0.2, 0.25) is 5.91 Å². The summed E-state index contributed by atoms with van der Waals surface area (Å²) in [5.74, 6) is 1.79. The Labute approximate surface area is 153 Å². The second kappa shape index (κ2) is 7.48. The summed E-state index contributed by atoms with van der Waals surface area (Å²) >= 11 is 0. The third-order valence-electron chi connectivity index (χ3n) is 4.99. The minimum atomic E-state index is -0.0888. The molecule has 2 aromatic carbocycles. The van der Waals surface area contributed by atoms with Crippen molar-refractivity contribution in [1.29, 1.82) is 0 Å². The van der Waals surface area contributed by atoms with E-state index in [0.717, 1.165) is 23.5 Å². The molecule has 2 aromatic rings. The molecule has 0 spiro atoms. The predicted octanol–water partition coefficient (Wildman–Crippen LogP) is 3.46. The molecule has 5 heteroatoms. The molecule has 26 heavy (non-hydrogen) atoms. The third-order valence-corrected chi connectivity index (χ3v) is 4.99. The summed E-state index contributed by atoms with van der Waals surface area (Å²) in [5, 5.41) is 3.08. The number of hydrogen-bond donors (Lipinski definition) is 1. The van der Waals surface area contributed by atoms with E-state index in [1.54, 1.807) is 6.92 Å². The minimum absolute atomic E-state index is 0.0116. The molecule has 1 amide bonds. The van der Waals surface area contributed by atoms with Gasteiger partial charge in [-0.3, -0.25) is 4.79 Å². The predicted molar refractivity (Wildman–Crippen MR) is 97.1 cm³/mol. The minimum Gasteiger partial charge on any atom is -0.457 e. The molecule has 5 nitrogen and oxygen atoms in total. The largest absolute Gasteiger partial charge is 0.457 e. The zero-order valence-corrected chi connectivity index (χ0v) is 14.8. The highest BCUT2D eigenvalue weighted by molar-refractivity contribution is 5.73. The summed E-state index contributed by atoms with van der Waals surface area (Å²) in [6.07, 6.45) is 0.664. The van der Waals surface area contributed by atoms with Crippen LogP contribution in [0.4, 0.5) is 0 Å². The Bertz CT molecular complexity index is 764. The number of para-hydroxylation sites is 1. The molecular formula is C21H23NO4. The Balaban J connectivity index is 1.53. The highest BCUT2D eigenvalue weighted by Crippen LogP contribution is 2.38. The fourth-order valence-corrected chi connectivity index (χ4v) is 3.78. The van der Waals surface area contributed by atoms with Gasteiger partial charge in [0.05, 0.1) is 25.4 Å². The zero-order valence-electron chi connectivity index (χ0n) is 14.8. The second-order valence-electron chi connectivity index (χ2n) is 6.89. The van der Waals surface area contributed by atoms with Gasteiger partial charge in [0.15, 0.2) is 0 Å². The van der Waals surface area contributed by atoms with Crippen molar-refractivity contribution in [3.63, 3.8) is 0 Å². The van der Waals surface area contributed by atoms with Crippen molar-refractivity contribution in [1.82, 2.24) is 5.32 Å². The third kappa shape index (κ3) is 3.74. The van der Waals surface area contributed by atoms with Crippen molar-refractivity contribution in [3.05, 3.63) is 60.2 Å². The molecule has 0 radical (unpaired) electrons. The molecule has 2 fully saturated rings. The smallest absolute Gasteiger partial charge is 0.217 e. The van der Waals surface area contributed by atoms with Gasteiger partial charge in [0, 0.05) is 18.9 Å². The number of hydrogen-bond acceptors (Lipinski definition) is 4. The fraction of sp³-hybridized carbons (Fsp3) is 0.381. The first-order chi connectivity index (χ1) is 12.7. The average molecular weight is 353 g/mol. The van der Waals surface area contributed by atoms with Crippen molar-refractivity contribution >= 4 is 5.91 Å². The lowest BCUT2D eigenvalue weighted by atomic mass is 9.86. The normalized spacial score (nSPS) is 27.6. The highest BCUT2D eigenvalue weighted by atomic mass is 16.6. The van der Waals surface area contributed by atoms with Crippen molar-refractivity contribution in [2.75, 3.05) is 13.2 Å². The average Bonchev–Trinajstić information content (AvgIpc) is 3.11. The Morgan fingerprint density at radius 2 is 1.88 bits per heavy atom. The van der Waals surface area contributed by atoms with E-state index < -0.39 is 0 Å². The summed E-state index contributed by atoms with van der Waals surface area (Å²) in [6, 6.07) is 17.7. The van der Waals surface area contributed by atoms with Gasteiger partial charge in [-0.15, -0.1) is 0 Å². The SMILES string of the molecule is CC(=O)N[C@@H]1C[C@H](c2cccc(Oc3ccccc3)c2)O[C@@H]2COC[C@@H]12. The van der Waals surface area contributed by atoms with Crippen LogP contribution in [-0.4, -0.2) is 31.3 Å². The van der Waals surface area contributed by atoms with E-state index in [9.17, 15) is 4.79 Å². The van der Waals surface area contributed by atoms with E-state index in [1.165, 1.54) is 0 Å². The highest BCUT2D eigenvalue weighted by Gasteiger charge is 2.43. The molecule has 2 heterocycles. The Morgan fingerprint density at radius 1 is 1.08 bits per heavy atom. The molecule has 2 saturated heterocycles. The van der Waals surface area contributed by atoms with Gasteiger partial charge in [-0.25, -0.2) is 0 Å². The second-order valence-corrected chi connectivity index (χ2v) is 6.89. The van der Waals surface area contributed by atoms with E-state index in [4.69, 9.17) is 14.2 Å². The molecule has 0 aliphatic carbocycles. The molecule has 136 valence electrons. The number of benzene rings is 2. The Hall–Kier alpha value is -2.37.